The molecule has 1 aromatic rings. The fraction of sp³-hybridized carbons (Fsp3) is 0.700. The first-order valence-electron chi connectivity index (χ1n) is 5.65. The fourth-order valence-electron chi connectivity index (χ4n) is 1.62. The van der Waals surface area contributed by atoms with E-state index in [2.05, 4.69) is 10.4 Å². The van der Waals surface area contributed by atoms with Crippen LogP contribution in [0.2, 0.25) is 0 Å². The van der Waals surface area contributed by atoms with Gasteiger partial charge in [-0.05, 0) is 0 Å². The lowest BCUT2D eigenvalue weighted by atomic mass is 10.1. The van der Waals surface area contributed by atoms with Crippen molar-refractivity contribution in [2.24, 2.45) is 7.05 Å². The first kappa shape index (κ1) is 15.3. The van der Waals surface area contributed by atoms with E-state index in [0.29, 0.717) is 0 Å². The Morgan fingerprint density at radius 2 is 2.05 bits per heavy atom. The number of aryl methyl sites for hydroxylation is 1. The molecule has 0 bridgehead atoms. The molecule has 1 aromatic heterocycles. The lowest BCUT2D eigenvalue weighted by Crippen LogP contribution is -2.16. The number of nitrogens with one attached hydrogen (secondary N) is 1. The number of anilines is 1. The number of hydrogen-bond acceptors (Lipinski definition) is 4. The van der Waals surface area contributed by atoms with Crippen LogP contribution < -0.4 is 5.32 Å². The van der Waals surface area contributed by atoms with Crippen molar-refractivity contribution in [2.45, 2.75) is 32.4 Å². The highest BCUT2D eigenvalue weighted by Crippen LogP contribution is 2.33. The van der Waals surface area contributed by atoms with Gasteiger partial charge in [0.25, 0.3) is 0 Å². The van der Waals surface area contributed by atoms with E-state index in [1.165, 1.54) is 11.7 Å². The van der Waals surface area contributed by atoms with Crippen LogP contribution in [0, 0.1) is 10.1 Å². The van der Waals surface area contributed by atoms with E-state index in [1.54, 1.807) is 13.8 Å². The molecule has 0 unspecified atom stereocenters. The minimum atomic E-state index is -4.30. The second-order valence-electron chi connectivity index (χ2n) is 4.41. The predicted octanol–water partition coefficient (Wildman–Crippen LogP) is 2.82. The molecule has 0 aromatic carbocycles. The van der Waals surface area contributed by atoms with Crippen molar-refractivity contribution in [3.8, 4) is 0 Å². The average molecular weight is 280 g/mol. The lowest BCUT2D eigenvalue weighted by Gasteiger charge is -2.08. The van der Waals surface area contributed by atoms with Crippen LogP contribution in [0.4, 0.5) is 24.7 Å². The second kappa shape index (κ2) is 5.45. The van der Waals surface area contributed by atoms with Gasteiger partial charge in [-0.3, -0.25) is 10.1 Å². The standard InChI is InChI=1S/C10H15F3N4O2/c1-6(2)7-8(17(18)19)9(16(3)15-7)14-5-4-10(11,12)13/h6,14H,4-5H2,1-3H3. The van der Waals surface area contributed by atoms with Crippen LogP contribution in [0.5, 0.6) is 0 Å². The molecule has 0 spiro atoms. The second-order valence-corrected chi connectivity index (χ2v) is 4.41. The summed E-state index contributed by atoms with van der Waals surface area (Å²) < 4.78 is 37.4. The Kier molecular flexibility index (Phi) is 4.38. The summed E-state index contributed by atoms with van der Waals surface area (Å²) in [5.41, 5.74) is -0.0123. The molecule has 19 heavy (non-hydrogen) atoms. The average Bonchev–Trinajstić information content (AvgIpc) is 2.54. The van der Waals surface area contributed by atoms with Crippen molar-refractivity contribution < 1.29 is 18.1 Å². The number of alkyl halides is 3. The summed E-state index contributed by atoms with van der Waals surface area (Å²) in [5, 5.41) is 17.4. The van der Waals surface area contributed by atoms with Crippen molar-refractivity contribution in [3.05, 3.63) is 15.8 Å². The van der Waals surface area contributed by atoms with Crippen LogP contribution in [0.1, 0.15) is 31.9 Å². The van der Waals surface area contributed by atoms with Crippen LogP contribution >= 0.6 is 0 Å². The van der Waals surface area contributed by atoms with Crippen LogP contribution in [0.25, 0.3) is 0 Å². The number of nitrogens with zero attached hydrogens (tertiary/aromatic N) is 3. The third-order valence-electron chi connectivity index (χ3n) is 2.48. The molecule has 0 saturated carbocycles. The molecule has 0 aliphatic heterocycles. The van der Waals surface area contributed by atoms with E-state index < -0.39 is 24.1 Å². The number of aromatic nitrogens is 2. The van der Waals surface area contributed by atoms with Gasteiger partial charge in [0.15, 0.2) is 0 Å². The third kappa shape index (κ3) is 3.83. The molecule has 0 saturated heterocycles. The molecule has 1 N–H and O–H groups in total. The number of hydrogen-bond donors (Lipinski definition) is 1. The van der Waals surface area contributed by atoms with Gasteiger partial charge in [0.1, 0.15) is 5.69 Å². The van der Waals surface area contributed by atoms with Crippen molar-refractivity contribution in [1.82, 2.24) is 9.78 Å². The normalized spacial score (nSPS) is 11.9. The van der Waals surface area contributed by atoms with Gasteiger partial charge in [0.2, 0.25) is 5.82 Å². The summed E-state index contributed by atoms with van der Waals surface area (Å²) in [6, 6.07) is 0. The van der Waals surface area contributed by atoms with Crippen LogP contribution in [-0.4, -0.2) is 27.4 Å². The Morgan fingerprint density at radius 1 is 1.47 bits per heavy atom. The molecule has 0 radical (unpaired) electrons. The molecular formula is C10H15F3N4O2. The van der Waals surface area contributed by atoms with Crippen molar-refractivity contribution in [2.75, 3.05) is 11.9 Å². The van der Waals surface area contributed by atoms with E-state index in [0.717, 1.165) is 0 Å². The predicted molar refractivity (Wildman–Crippen MR) is 63.1 cm³/mol. The topological polar surface area (TPSA) is 73.0 Å². The molecule has 1 rings (SSSR count). The monoisotopic (exact) mass is 280 g/mol. The summed E-state index contributed by atoms with van der Waals surface area (Å²) in [7, 11) is 1.45. The number of halogens is 3. The molecule has 6 nitrogen and oxygen atoms in total. The maximum Gasteiger partial charge on any atom is 0.390 e. The molecule has 0 fully saturated rings. The van der Waals surface area contributed by atoms with Crippen molar-refractivity contribution in [3.63, 3.8) is 0 Å². The van der Waals surface area contributed by atoms with Gasteiger partial charge in [-0.1, -0.05) is 13.8 Å². The van der Waals surface area contributed by atoms with E-state index in [4.69, 9.17) is 0 Å². The first-order chi connectivity index (χ1) is 8.63. The summed E-state index contributed by atoms with van der Waals surface area (Å²) in [6.07, 6.45) is -5.37. The summed E-state index contributed by atoms with van der Waals surface area (Å²) >= 11 is 0. The largest absolute Gasteiger partial charge is 0.390 e. The first-order valence-corrected chi connectivity index (χ1v) is 5.65. The highest BCUT2D eigenvalue weighted by Gasteiger charge is 2.30. The maximum absolute atomic E-state index is 12.1. The smallest absolute Gasteiger partial charge is 0.364 e. The summed E-state index contributed by atoms with van der Waals surface area (Å²) in [6.45, 7) is 3.03. The van der Waals surface area contributed by atoms with Crippen molar-refractivity contribution in [1.29, 1.82) is 0 Å². The fourth-order valence-corrected chi connectivity index (χ4v) is 1.62. The Morgan fingerprint density at radius 3 is 2.47 bits per heavy atom. The van der Waals surface area contributed by atoms with Gasteiger partial charge in [0.05, 0.1) is 11.3 Å². The van der Waals surface area contributed by atoms with Gasteiger partial charge in [-0.2, -0.15) is 18.3 Å². The number of nitro groups is 1. The molecular weight excluding hydrogens is 265 g/mol. The minimum absolute atomic E-state index is 0.00190. The van der Waals surface area contributed by atoms with Gasteiger partial charge < -0.3 is 5.32 Å². The summed E-state index contributed by atoms with van der Waals surface area (Å²) in [5.74, 6) is -0.192. The third-order valence-corrected chi connectivity index (χ3v) is 2.48. The van der Waals surface area contributed by atoms with Gasteiger partial charge in [-0.25, -0.2) is 4.68 Å². The van der Waals surface area contributed by atoms with E-state index in [1.807, 2.05) is 0 Å². The van der Waals surface area contributed by atoms with Gasteiger partial charge in [-0.15, -0.1) is 0 Å². The Hall–Kier alpha value is -1.80. The molecule has 0 aliphatic rings. The highest BCUT2D eigenvalue weighted by atomic mass is 19.4. The van der Waals surface area contributed by atoms with E-state index in [-0.39, 0.29) is 23.1 Å². The zero-order valence-corrected chi connectivity index (χ0v) is 10.8. The Bertz CT molecular complexity index is 468. The maximum atomic E-state index is 12.1. The molecule has 0 amide bonds. The molecule has 1 heterocycles. The van der Waals surface area contributed by atoms with E-state index >= 15 is 0 Å². The van der Waals surface area contributed by atoms with Crippen LogP contribution in [-0.2, 0) is 7.05 Å². The Labute approximate surface area is 107 Å². The molecule has 0 atom stereocenters. The minimum Gasteiger partial charge on any atom is -0.364 e. The zero-order valence-electron chi connectivity index (χ0n) is 10.8. The molecule has 108 valence electrons. The van der Waals surface area contributed by atoms with Crippen molar-refractivity contribution >= 4 is 11.5 Å². The lowest BCUT2D eigenvalue weighted by molar-refractivity contribution is -0.384. The van der Waals surface area contributed by atoms with Crippen LogP contribution in [0.3, 0.4) is 0 Å². The Balaban J connectivity index is 2.97. The number of rotatable bonds is 5. The van der Waals surface area contributed by atoms with Crippen LogP contribution in [0.15, 0.2) is 0 Å². The quantitative estimate of drug-likeness (QED) is 0.665. The van der Waals surface area contributed by atoms with Gasteiger partial charge in [0, 0.05) is 19.5 Å². The zero-order chi connectivity index (χ0) is 14.8. The molecule has 0 aliphatic carbocycles. The van der Waals surface area contributed by atoms with E-state index in [9.17, 15) is 23.3 Å². The summed E-state index contributed by atoms with van der Waals surface area (Å²) in [4.78, 5) is 10.4. The van der Waals surface area contributed by atoms with Gasteiger partial charge >= 0.3 is 11.9 Å². The molecule has 9 heteroatoms. The highest BCUT2D eigenvalue weighted by molar-refractivity contribution is 5.60. The SMILES string of the molecule is CC(C)c1nn(C)c(NCCC(F)(F)F)c1[N+](=O)[O-].